The molecule has 1 aromatic carbocycles. The summed E-state index contributed by atoms with van der Waals surface area (Å²) in [5.41, 5.74) is 3.12. The zero-order valence-corrected chi connectivity index (χ0v) is 12.1. The number of allylic oxidation sites excluding steroid dienone is 4. The minimum absolute atomic E-state index is 0.283. The van der Waals surface area contributed by atoms with Gasteiger partial charge in [-0.05, 0) is 37.3 Å². The van der Waals surface area contributed by atoms with Gasteiger partial charge in [0.25, 0.3) is 0 Å². The second-order valence-corrected chi connectivity index (χ2v) is 5.12. The molecule has 0 heteroatoms. The zero-order valence-electron chi connectivity index (χ0n) is 12.1. The van der Waals surface area contributed by atoms with Gasteiger partial charge in [-0.25, -0.2) is 0 Å². The zero-order chi connectivity index (χ0) is 13.3. The van der Waals surface area contributed by atoms with Crippen LogP contribution >= 0.6 is 0 Å². The molecule has 94 valence electrons. The summed E-state index contributed by atoms with van der Waals surface area (Å²) in [6, 6.07) is 8.56. The molecule has 0 unspecified atom stereocenters. The Morgan fingerprint density at radius 1 is 0.882 bits per heavy atom. The number of rotatable bonds is 1. The third-order valence-electron chi connectivity index (χ3n) is 2.45. The van der Waals surface area contributed by atoms with E-state index in [2.05, 4.69) is 52.0 Å². The van der Waals surface area contributed by atoms with E-state index in [1.54, 1.807) is 0 Å². The summed E-state index contributed by atoms with van der Waals surface area (Å²) in [5, 5.41) is 0. The van der Waals surface area contributed by atoms with Crippen LogP contribution in [-0.2, 0) is 5.41 Å². The molecule has 0 fully saturated rings. The van der Waals surface area contributed by atoms with E-state index >= 15 is 0 Å². The number of benzene rings is 1. The van der Waals surface area contributed by atoms with Crippen LogP contribution in [0.3, 0.4) is 0 Å². The maximum absolute atomic E-state index is 2.25. The largest absolute Gasteiger partial charge is 0.0877 e. The summed E-state index contributed by atoms with van der Waals surface area (Å²) in [6.45, 7) is 12.9. The van der Waals surface area contributed by atoms with Gasteiger partial charge in [0.15, 0.2) is 0 Å². The first-order valence-electron chi connectivity index (χ1n) is 6.23. The van der Waals surface area contributed by atoms with Crippen molar-refractivity contribution in [3.05, 3.63) is 59.7 Å². The van der Waals surface area contributed by atoms with E-state index in [1.807, 2.05) is 38.2 Å². The molecule has 17 heavy (non-hydrogen) atoms. The van der Waals surface area contributed by atoms with E-state index in [1.165, 1.54) is 11.1 Å². The van der Waals surface area contributed by atoms with Crippen LogP contribution in [0.15, 0.2) is 48.6 Å². The van der Waals surface area contributed by atoms with Gasteiger partial charge in [0, 0.05) is 0 Å². The van der Waals surface area contributed by atoms with Gasteiger partial charge in [-0.2, -0.15) is 0 Å². The van der Waals surface area contributed by atoms with Gasteiger partial charge in [-0.3, -0.25) is 0 Å². The fraction of sp³-hybridized carbons (Fsp3) is 0.412. The van der Waals surface area contributed by atoms with E-state index in [4.69, 9.17) is 0 Å². The summed E-state index contributed by atoms with van der Waals surface area (Å²) in [6.07, 6.45) is 8.00. The smallest absolute Gasteiger partial charge is 0.0129 e. The van der Waals surface area contributed by atoms with Crippen LogP contribution in [-0.4, -0.2) is 0 Å². The highest BCUT2D eigenvalue weighted by Crippen LogP contribution is 2.24. The standard InChI is InChI=1S/C11H16.C6H10/c1-9-7-5-6-8-10(9)11(2,3)4;1-3-5-6-4-2/h5-8H,1-4H3;3-6H,1-2H3/b;5-3-,6-4-. The molecule has 1 aromatic rings. The summed E-state index contributed by atoms with van der Waals surface area (Å²) in [4.78, 5) is 0. The highest BCUT2D eigenvalue weighted by molar-refractivity contribution is 5.31. The van der Waals surface area contributed by atoms with Crippen molar-refractivity contribution < 1.29 is 0 Å². The van der Waals surface area contributed by atoms with Gasteiger partial charge >= 0.3 is 0 Å². The summed E-state index contributed by atoms with van der Waals surface area (Å²) in [5.74, 6) is 0. The van der Waals surface area contributed by atoms with E-state index in [-0.39, 0.29) is 5.41 Å². The molecular weight excluding hydrogens is 204 g/mol. The van der Waals surface area contributed by atoms with Crippen molar-refractivity contribution >= 4 is 0 Å². The monoisotopic (exact) mass is 230 g/mol. The summed E-state index contributed by atoms with van der Waals surface area (Å²) >= 11 is 0. The van der Waals surface area contributed by atoms with Crippen molar-refractivity contribution in [2.24, 2.45) is 0 Å². The molecule has 0 aliphatic rings. The molecule has 0 N–H and O–H groups in total. The second kappa shape index (κ2) is 7.89. The number of hydrogen-bond donors (Lipinski definition) is 0. The molecule has 0 saturated carbocycles. The fourth-order valence-corrected chi connectivity index (χ4v) is 1.64. The Hall–Kier alpha value is -1.30. The predicted octanol–water partition coefficient (Wildman–Crippen LogP) is 5.43. The Kier molecular flexibility index (Phi) is 7.29. The van der Waals surface area contributed by atoms with Gasteiger partial charge < -0.3 is 0 Å². The van der Waals surface area contributed by atoms with Crippen LogP contribution in [0.2, 0.25) is 0 Å². The van der Waals surface area contributed by atoms with Crippen molar-refractivity contribution in [1.29, 1.82) is 0 Å². The molecule has 1 rings (SSSR count). The van der Waals surface area contributed by atoms with E-state index in [0.29, 0.717) is 0 Å². The van der Waals surface area contributed by atoms with Crippen LogP contribution in [0.1, 0.15) is 45.7 Å². The number of aryl methyl sites for hydroxylation is 1. The lowest BCUT2D eigenvalue weighted by Crippen LogP contribution is -2.12. The van der Waals surface area contributed by atoms with Gasteiger partial charge in [0.2, 0.25) is 0 Å². The molecule has 0 amide bonds. The molecule has 0 aliphatic carbocycles. The predicted molar refractivity (Wildman–Crippen MR) is 79.5 cm³/mol. The SMILES string of the molecule is C/C=C\C=C/C.Cc1ccccc1C(C)(C)C. The summed E-state index contributed by atoms with van der Waals surface area (Å²) < 4.78 is 0. The molecule has 0 heterocycles. The van der Waals surface area contributed by atoms with Gasteiger partial charge in [0.05, 0.1) is 0 Å². The normalized spacial score (nSPS) is 11.6. The minimum Gasteiger partial charge on any atom is -0.0877 e. The van der Waals surface area contributed by atoms with Crippen LogP contribution in [0.4, 0.5) is 0 Å². The first-order chi connectivity index (χ1) is 7.93. The van der Waals surface area contributed by atoms with E-state index in [0.717, 1.165) is 0 Å². The topological polar surface area (TPSA) is 0 Å². The molecule has 0 nitrogen and oxygen atoms in total. The Bertz CT molecular complexity index is 352. The Morgan fingerprint density at radius 3 is 1.65 bits per heavy atom. The lowest BCUT2D eigenvalue weighted by atomic mass is 9.84. The minimum atomic E-state index is 0.283. The average molecular weight is 230 g/mol. The third kappa shape index (κ3) is 6.78. The van der Waals surface area contributed by atoms with Crippen LogP contribution in [0.25, 0.3) is 0 Å². The van der Waals surface area contributed by atoms with Crippen molar-refractivity contribution in [2.75, 3.05) is 0 Å². The quantitative estimate of drug-likeness (QED) is 0.564. The maximum atomic E-state index is 2.25. The molecule has 0 aliphatic heterocycles. The molecule has 0 aromatic heterocycles. The fourth-order valence-electron chi connectivity index (χ4n) is 1.64. The first-order valence-corrected chi connectivity index (χ1v) is 6.23. The lowest BCUT2D eigenvalue weighted by molar-refractivity contribution is 0.586. The highest BCUT2D eigenvalue weighted by Gasteiger charge is 2.14. The van der Waals surface area contributed by atoms with Gasteiger partial charge in [-0.15, -0.1) is 0 Å². The molecule has 0 saturated heterocycles. The lowest BCUT2D eigenvalue weighted by Gasteiger charge is -2.21. The highest BCUT2D eigenvalue weighted by atomic mass is 14.2. The van der Waals surface area contributed by atoms with Crippen LogP contribution in [0, 0.1) is 6.92 Å². The maximum Gasteiger partial charge on any atom is -0.0129 e. The van der Waals surface area contributed by atoms with Crippen molar-refractivity contribution in [3.8, 4) is 0 Å². The van der Waals surface area contributed by atoms with Crippen molar-refractivity contribution in [2.45, 2.75) is 47.0 Å². The molecular formula is C17H26. The van der Waals surface area contributed by atoms with Crippen molar-refractivity contribution in [3.63, 3.8) is 0 Å². The van der Waals surface area contributed by atoms with Crippen molar-refractivity contribution in [1.82, 2.24) is 0 Å². The average Bonchev–Trinajstić information content (AvgIpc) is 2.26. The molecule has 0 bridgehead atoms. The first kappa shape index (κ1) is 15.7. The second-order valence-electron chi connectivity index (χ2n) is 5.12. The Labute approximate surface area is 107 Å². The third-order valence-corrected chi connectivity index (χ3v) is 2.45. The summed E-state index contributed by atoms with van der Waals surface area (Å²) in [7, 11) is 0. The van der Waals surface area contributed by atoms with Gasteiger partial charge in [0.1, 0.15) is 0 Å². The van der Waals surface area contributed by atoms with E-state index in [9.17, 15) is 0 Å². The molecule has 0 radical (unpaired) electrons. The van der Waals surface area contributed by atoms with Gasteiger partial charge in [-0.1, -0.05) is 69.3 Å². The molecule has 0 spiro atoms. The number of hydrogen-bond acceptors (Lipinski definition) is 0. The van der Waals surface area contributed by atoms with Crippen LogP contribution in [0.5, 0.6) is 0 Å². The van der Waals surface area contributed by atoms with Crippen LogP contribution < -0.4 is 0 Å². The Balaban J connectivity index is 0.000000366. The molecule has 0 atom stereocenters. The Morgan fingerprint density at radius 2 is 1.35 bits per heavy atom. The van der Waals surface area contributed by atoms with E-state index < -0.39 is 0 Å².